The van der Waals surface area contributed by atoms with Gasteiger partial charge in [0.1, 0.15) is 0 Å². The number of amides is 1. The molecule has 2 atom stereocenters. The number of hydrogen-bond acceptors (Lipinski definition) is 3. The molecule has 0 unspecified atom stereocenters. The number of hydrogen-bond donors (Lipinski definition) is 1. The predicted molar refractivity (Wildman–Crippen MR) is 99.6 cm³/mol. The number of piperidine rings is 1. The van der Waals surface area contributed by atoms with Crippen molar-refractivity contribution in [2.45, 2.75) is 51.6 Å². The summed E-state index contributed by atoms with van der Waals surface area (Å²) in [4.78, 5) is 16.9. The highest BCUT2D eigenvalue weighted by Gasteiger charge is 2.35. The van der Waals surface area contributed by atoms with Crippen LogP contribution in [-0.4, -0.2) is 42.1 Å². The molecule has 4 nitrogen and oxygen atoms in total. The summed E-state index contributed by atoms with van der Waals surface area (Å²) in [6, 6.07) is 6.22. The fourth-order valence-corrected chi connectivity index (χ4v) is 4.41. The number of aryl methyl sites for hydroxylation is 1. The van der Waals surface area contributed by atoms with Crippen LogP contribution in [0.5, 0.6) is 0 Å². The summed E-state index contributed by atoms with van der Waals surface area (Å²) in [6.45, 7) is 6.04. The molecule has 136 valence electrons. The third kappa shape index (κ3) is 3.75. The van der Waals surface area contributed by atoms with E-state index in [0.717, 1.165) is 62.5 Å². The molecule has 1 saturated heterocycles. The molecule has 25 heavy (non-hydrogen) atoms. The summed E-state index contributed by atoms with van der Waals surface area (Å²) in [5.41, 5.74) is 3.30. The highest BCUT2D eigenvalue weighted by atomic mass is 16.3. The molecule has 2 fully saturated rings. The molecule has 3 aliphatic rings. The lowest BCUT2D eigenvalue weighted by Crippen LogP contribution is -2.37. The minimum atomic E-state index is -0.440. The van der Waals surface area contributed by atoms with Crippen molar-refractivity contribution in [2.24, 2.45) is 11.8 Å². The lowest BCUT2D eigenvalue weighted by Gasteiger charge is -2.33. The van der Waals surface area contributed by atoms with Gasteiger partial charge in [-0.2, -0.15) is 0 Å². The van der Waals surface area contributed by atoms with Crippen molar-refractivity contribution >= 4 is 11.6 Å². The van der Waals surface area contributed by atoms with Gasteiger partial charge in [0.2, 0.25) is 5.91 Å². The van der Waals surface area contributed by atoms with Crippen LogP contribution < -0.4 is 4.90 Å². The molecule has 0 aromatic heterocycles. The first-order valence-corrected chi connectivity index (χ1v) is 9.96. The van der Waals surface area contributed by atoms with Crippen molar-refractivity contribution < 1.29 is 9.90 Å². The van der Waals surface area contributed by atoms with Crippen LogP contribution in [0.4, 0.5) is 5.69 Å². The Morgan fingerprint density at radius 3 is 2.84 bits per heavy atom. The van der Waals surface area contributed by atoms with E-state index in [2.05, 4.69) is 24.0 Å². The third-order valence-corrected chi connectivity index (χ3v) is 5.97. The zero-order valence-electron chi connectivity index (χ0n) is 15.3. The molecule has 1 aromatic carbocycles. The molecule has 1 saturated carbocycles. The molecule has 0 bridgehead atoms. The van der Waals surface area contributed by atoms with Gasteiger partial charge in [-0.3, -0.25) is 4.79 Å². The molecule has 2 heterocycles. The first kappa shape index (κ1) is 17.0. The van der Waals surface area contributed by atoms with Gasteiger partial charge in [-0.1, -0.05) is 19.1 Å². The summed E-state index contributed by atoms with van der Waals surface area (Å²) in [7, 11) is 0. The molecule has 1 N–H and O–H groups in total. The van der Waals surface area contributed by atoms with Gasteiger partial charge in [0.15, 0.2) is 0 Å². The Hall–Kier alpha value is -1.39. The Kier molecular flexibility index (Phi) is 4.83. The molecule has 4 rings (SSSR count). The Balaban J connectivity index is 1.47. The first-order valence-electron chi connectivity index (χ1n) is 9.96. The van der Waals surface area contributed by atoms with Crippen LogP contribution in [0.25, 0.3) is 0 Å². The maximum Gasteiger partial charge on any atom is 0.230 e. The first-order chi connectivity index (χ1) is 12.1. The molecule has 1 amide bonds. The SMILES string of the molecule is C[C@@H]1CCCN(C[C@H](O)c2ccc3c(c2)CCCN3C(=O)C2CC2)C1. The molecule has 1 aliphatic carbocycles. The smallest absolute Gasteiger partial charge is 0.230 e. The lowest BCUT2D eigenvalue weighted by atomic mass is 9.95. The van der Waals surface area contributed by atoms with Gasteiger partial charge in [-0.15, -0.1) is 0 Å². The summed E-state index contributed by atoms with van der Waals surface area (Å²) in [5.74, 6) is 1.29. The Morgan fingerprint density at radius 2 is 2.08 bits per heavy atom. The second-order valence-electron chi connectivity index (χ2n) is 8.28. The summed E-state index contributed by atoms with van der Waals surface area (Å²) in [5, 5.41) is 10.7. The second kappa shape index (κ2) is 7.08. The number of likely N-dealkylation sites (tertiary alicyclic amines) is 1. The van der Waals surface area contributed by atoms with E-state index in [-0.39, 0.29) is 5.92 Å². The summed E-state index contributed by atoms with van der Waals surface area (Å²) < 4.78 is 0. The fourth-order valence-electron chi connectivity index (χ4n) is 4.41. The standard InChI is InChI=1S/C21H30N2O2/c1-15-4-2-10-22(13-15)14-20(24)18-8-9-19-17(12-18)5-3-11-23(19)21(25)16-6-7-16/h8-9,12,15-16,20,24H,2-7,10-11,13-14H2,1H3/t15-,20+/m1/s1. The van der Waals surface area contributed by atoms with Crippen molar-refractivity contribution in [1.82, 2.24) is 4.90 Å². The van der Waals surface area contributed by atoms with Crippen LogP contribution in [0.3, 0.4) is 0 Å². The zero-order valence-corrected chi connectivity index (χ0v) is 15.3. The number of aliphatic hydroxyl groups excluding tert-OH is 1. The minimum Gasteiger partial charge on any atom is -0.387 e. The number of fused-ring (bicyclic) bond motifs is 1. The van der Waals surface area contributed by atoms with Crippen LogP contribution in [0.2, 0.25) is 0 Å². The number of nitrogens with zero attached hydrogens (tertiary/aromatic N) is 2. The predicted octanol–water partition coefficient (Wildman–Crippen LogP) is 3.14. The van der Waals surface area contributed by atoms with Gasteiger partial charge >= 0.3 is 0 Å². The second-order valence-corrected chi connectivity index (χ2v) is 8.28. The summed E-state index contributed by atoms with van der Waals surface area (Å²) >= 11 is 0. The average Bonchev–Trinajstić information content (AvgIpc) is 3.45. The summed E-state index contributed by atoms with van der Waals surface area (Å²) in [6.07, 6.45) is 6.22. The molecular formula is C21H30N2O2. The quantitative estimate of drug-likeness (QED) is 0.914. The van der Waals surface area contributed by atoms with E-state index in [9.17, 15) is 9.90 Å². The Morgan fingerprint density at radius 1 is 1.24 bits per heavy atom. The number of β-amino-alcohol motifs (C(OH)–C–C–N with tert-alkyl or cyclic N) is 1. The molecule has 1 aromatic rings. The van der Waals surface area contributed by atoms with Gasteiger partial charge in [0, 0.05) is 31.2 Å². The molecule has 4 heteroatoms. The Labute approximate surface area is 150 Å². The van der Waals surface area contributed by atoms with E-state index in [0.29, 0.717) is 12.5 Å². The van der Waals surface area contributed by atoms with Crippen molar-refractivity contribution in [3.05, 3.63) is 29.3 Å². The van der Waals surface area contributed by atoms with E-state index in [1.54, 1.807) is 0 Å². The number of aliphatic hydroxyl groups is 1. The van der Waals surface area contributed by atoms with E-state index in [4.69, 9.17) is 0 Å². The minimum absolute atomic E-state index is 0.261. The van der Waals surface area contributed by atoms with Crippen molar-refractivity contribution in [1.29, 1.82) is 0 Å². The van der Waals surface area contributed by atoms with Gasteiger partial charge in [-0.25, -0.2) is 0 Å². The van der Waals surface area contributed by atoms with Crippen molar-refractivity contribution in [3.63, 3.8) is 0 Å². The van der Waals surface area contributed by atoms with Crippen LogP contribution in [0.1, 0.15) is 56.3 Å². The largest absolute Gasteiger partial charge is 0.387 e. The van der Waals surface area contributed by atoms with Gasteiger partial charge < -0.3 is 14.9 Å². The fraction of sp³-hybridized carbons (Fsp3) is 0.667. The molecule has 2 aliphatic heterocycles. The van der Waals surface area contributed by atoms with E-state index < -0.39 is 6.10 Å². The van der Waals surface area contributed by atoms with Gasteiger partial charge in [-0.05, 0) is 68.2 Å². The maximum absolute atomic E-state index is 12.5. The van der Waals surface area contributed by atoms with E-state index in [1.807, 2.05) is 11.0 Å². The van der Waals surface area contributed by atoms with E-state index in [1.165, 1.54) is 18.4 Å². The number of rotatable bonds is 4. The normalized spacial score (nSPS) is 25.5. The van der Waals surface area contributed by atoms with Crippen LogP contribution >= 0.6 is 0 Å². The average molecular weight is 342 g/mol. The number of benzene rings is 1. The van der Waals surface area contributed by atoms with Crippen molar-refractivity contribution in [3.8, 4) is 0 Å². The number of carbonyl (C=O) groups is 1. The van der Waals surface area contributed by atoms with Crippen molar-refractivity contribution in [2.75, 3.05) is 31.1 Å². The lowest BCUT2D eigenvalue weighted by molar-refractivity contribution is -0.119. The molecular weight excluding hydrogens is 312 g/mol. The number of carbonyl (C=O) groups excluding carboxylic acids is 1. The molecule has 0 radical (unpaired) electrons. The topological polar surface area (TPSA) is 43.8 Å². The number of anilines is 1. The highest BCUT2D eigenvalue weighted by Crippen LogP contribution is 2.36. The van der Waals surface area contributed by atoms with Crippen LogP contribution in [0, 0.1) is 11.8 Å². The zero-order chi connectivity index (χ0) is 17.4. The van der Waals surface area contributed by atoms with Gasteiger partial charge in [0.25, 0.3) is 0 Å². The van der Waals surface area contributed by atoms with Crippen LogP contribution in [0.15, 0.2) is 18.2 Å². The van der Waals surface area contributed by atoms with Gasteiger partial charge in [0.05, 0.1) is 6.10 Å². The Bertz CT molecular complexity index is 641. The third-order valence-electron chi connectivity index (χ3n) is 5.97. The van der Waals surface area contributed by atoms with E-state index >= 15 is 0 Å². The maximum atomic E-state index is 12.5. The monoisotopic (exact) mass is 342 g/mol. The molecule has 0 spiro atoms. The highest BCUT2D eigenvalue weighted by molar-refractivity contribution is 5.97. The van der Waals surface area contributed by atoms with Crippen LogP contribution in [-0.2, 0) is 11.2 Å².